The third-order valence-electron chi connectivity index (χ3n) is 3.47. The highest BCUT2D eigenvalue weighted by molar-refractivity contribution is 5.92. The number of carbonyl (C=O) groups excluding carboxylic acids is 3. The number of hydrogen-bond donors (Lipinski definition) is 7. The lowest BCUT2D eigenvalue weighted by atomic mass is 10.1. The number of amides is 3. The van der Waals surface area contributed by atoms with Gasteiger partial charge < -0.3 is 36.9 Å². The maximum Gasteiger partial charge on any atom is 0.322 e. The summed E-state index contributed by atoms with van der Waals surface area (Å²) < 4.78 is 0. The van der Waals surface area contributed by atoms with Crippen LogP contribution in [0.5, 0.6) is 0 Å². The molecule has 0 unspecified atom stereocenters. The third kappa shape index (κ3) is 8.75. The standard InChI is InChI=1S/C15H22N6O7/c16-9(3-8-4-17-7-20-8)14(27)18-5-11(22)21-10(1-2-12(23)24)15(28)19-6-13(25)26/h4,7,9-10H,1-3,5-6,16H2,(H,17,20)(H,18,27)(H,19,28)(H,21,22)(H,23,24)(H,25,26)/t9-,10-/m0/s1. The van der Waals surface area contributed by atoms with Crippen LogP contribution in [0, 0.1) is 0 Å². The number of carboxylic acids is 2. The second-order valence-electron chi connectivity index (χ2n) is 5.77. The number of nitrogens with two attached hydrogens (primary N) is 1. The number of nitrogens with one attached hydrogen (secondary N) is 4. The van der Waals surface area contributed by atoms with Crippen molar-refractivity contribution in [1.82, 2.24) is 25.9 Å². The zero-order valence-corrected chi connectivity index (χ0v) is 14.8. The molecule has 1 aromatic heterocycles. The molecule has 13 nitrogen and oxygen atoms in total. The SMILES string of the molecule is N[C@@H](Cc1cnc[nH]1)C(=O)NCC(=O)N[C@@H](CCC(=O)O)C(=O)NCC(=O)O. The zero-order chi connectivity index (χ0) is 21.1. The van der Waals surface area contributed by atoms with Gasteiger partial charge >= 0.3 is 11.9 Å². The van der Waals surface area contributed by atoms with Crippen LogP contribution in [-0.2, 0) is 30.4 Å². The van der Waals surface area contributed by atoms with Crippen molar-refractivity contribution in [2.75, 3.05) is 13.1 Å². The Morgan fingerprint density at radius 3 is 2.32 bits per heavy atom. The molecular weight excluding hydrogens is 376 g/mol. The van der Waals surface area contributed by atoms with Crippen LogP contribution in [0.25, 0.3) is 0 Å². The van der Waals surface area contributed by atoms with Crippen molar-refractivity contribution >= 4 is 29.7 Å². The normalized spacial score (nSPS) is 12.5. The van der Waals surface area contributed by atoms with Crippen LogP contribution in [0.4, 0.5) is 0 Å². The van der Waals surface area contributed by atoms with Crippen molar-refractivity contribution in [2.24, 2.45) is 5.73 Å². The van der Waals surface area contributed by atoms with Crippen LogP contribution in [0.1, 0.15) is 18.5 Å². The van der Waals surface area contributed by atoms with E-state index in [0.717, 1.165) is 0 Å². The van der Waals surface area contributed by atoms with Crippen molar-refractivity contribution in [3.8, 4) is 0 Å². The average Bonchev–Trinajstić information content (AvgIpc) is 3.13. The van der Waals surface area contributed by atoms with Gasteiger partial charge in [-0.15, -0.1) is 0 Å². The van der Waals surface area contributed by atoms with E-state index in [1.165, 1.54) is 12.5 Å². The summed E-state index contributed by atoms with van der Waals surface area (Å²) in [6.07, 6.45) is 2.43. The Morgan fingerprint density at radius 1 is 1.07 bits per heavy atom. The lowest BCUT2D eigenvalue weighted by Crippen LogP contribution is -2.51. The predicted molar refractivity (Wildman–Crippen MR) is 92.7 cm³/mol. The molecule has 1 aromatic rings. The van der Waals surface area contributed by atoms with E-state index >= 15 is 0 Å². The number of hydrogen-bond acceptors (Lipinski definition) is 7. The second kappa shape index (κ2) is 11.3. The number of aromatic nitrogens is 2. The van der Waals surface area contributed by atoms with E-state index in [2.05, 4.69) is 25.9 Å². The van der Waals surface area contributed by atoms with E-state index in [0.29, 0.717) is 5.69 Å². The van der Waals surface area contributed by atoms with Gasteiger partial charge in [-0.2, -0.15) is 0 Å². The number of aromatic amines is 1. The highest BCUT2D eigenvalue weighted by atomic mass is 16.4. The fourth-order valence-electron chi connectivity index (χ4n) is 2.09. The first-order valence-electron chi connectivity index (χ1n) is 8.20. The molecule has 13 heteroatoms. The number of rotatable bonds is 12. The first kappa shape index (κ1) is 22.6. The van der Waals surface area contributed by atoms with Gasteiger partial charge in [-0.1, -0.05) is 0 Å². The fraction of sp³-hybridized carbons (Fsp3) is 0.467. The van der Waals surface area contributed by atoms with Crippen LogP contribution < -0.4 is 21.7 Å². The molecule has 0 fully saturated rings. The maximum atomic E-state index is 12.0. The monoisotopic (exact) mass is 398 g/mol. The van der Waals surface area contributed by atoms with Gasteiger partial charge in [-0.3, -0.25) is 24.0 Å². The quantitative estimate of drug-likeness (QED) is 0.190. The Bertz CT molecular complexity index is 706. The fourth-order valence-corrected chi connectivity index (χ4v) is 2.09. The Balaban J connectivity index is 2.51. The van der Waals surface area contributed by atoms with E-state index in [1.807, 2.05) is 0 Å². The number of carboxylic acid groups (broad SMARTS) is 2. The molecule has 1 rings (SSSR count). The molecule has 1 heterocycles. The summed E-state index contributed by atoms with van der Waals surface area (Å²) in [6.45, 7) is -1.18. The lowest BCUT2D eigenvalue weighted by Gasteiger charge is -2.18. The van der Waals surface area contributed by atoms with Crippen LogP contribution in [-0.4, -0.2) is 75.0 Å². The third-order valence-corrected chi connectivity index (χ3v) is 3.47. The summed E-state index contributed by atoms with van der Waals surface area (Å²) in [6, 6.07) is -2.20. The minimum atomic E-state index is -1.30. The number of nitrogens with zero attached hydrogens (tertiary/aromatic N) is 1. The number of carbonyl (C=O) groups is 5. The van der Waals surface area contributed by atoms with Crippen molar-refractivity contribution < 1.29 is 34.2 Å². The second-order valence-corrected chi connectivity index (χ2v) is 5.77. The van der Waals surface area contributed by atoms with Crippen LogP contribution >= 0.6 is 0 Å². The molecule has 154 valence electrons. The molecule has 0 bridgehead atoms. The first-order chi connectivity index (χ1) is 13.2. The summed E-state index contributed by atoms with van der Waals surface area (Å²) in [5.41, 5.74) is 6.35. The molecule has 0 spiro atoms. The molecular formula is C15H22N6O7. The van der Waals surface area contributed by atoms with Gasteiger partial charge in [0, 0.05) is 24.7 Å². The number of imidazole rings is 1. The number of H-pyrrole nitrogens is 1. The number of aliphatic carboxylic acids is 2. The molecule has 0 aliphatic carbocycles. The molecule has 0 radical (unpaired) electrons. The highest BCUT2D eigenvalue weighted by Crippen LogP contribution is 1.99. The average molecular weight is 398 g/mol. The van der Waals surface area contributed by atoms with E-state index in [-0.39, 0.29) is 12.8 Å². The van der Waals surface area contributed by atoms with Crippen LogP contribution in [0.15, 0.2) is 12.5 Å². The van der Waals surface area contributed by atoms with Gasteiger partial charge in [-0.05, 0) is 6.42 Å². The first-order valence-corrected chi connectivity index (χ1v) is 8.20. The molecule has 0 aliphatic rings. The molecule has 28 heavy (non-hydrogen) atoms. The van der Waals surface area contributed by atoms with Gasteiger partial charge in [0.05, 0.1) is 18.9 Å². The largest absolute Gasteiger partial charge is 0.481 e. The zero-order valence-electron chi connectivity index (χ0n) is 14.8. The summed E-state index contributed by atoms with van der Waals surface area (Å²) >= 11 is 0. The Labute approximate surface area is 159 Å². The van der Waals surface area contributed by atoms with Crippen molar-refractivity contribution in [2.45, 2.75) is 31.3 Å². The van der Waals surface area contributed by atoms with Gasteiger partial charge in [0.25, 0.3) is 0 Å². The minimum absolute atomic E-state index is 0.173. The van der Waals surface area contributed by atoms with Crippen LogP contribution in [0.3, 0.4) is 0 Å². The Kier molecular flexibility index (Phi) is 9.09. The van der Waals surface area contributed by atoms with Crippen molar-refractivity contribution in [3.05, 3.63) is 18.2 Å². The smallest absolute Gasteiger partial charge is 0.322 e. The van der Waals surface area contributed by atoms with Crippen molar-refractivity contribution in [1.29, 1.82) is 0 Å². The summed E-state index contributed by atoms with van der Waals surface area (Å²) in [7, 11) is 0. The van der Waals surface area contributed by atoms with E-state index in [1.54, 1.807) is 0 Å². The Morgan fingerprint density at radius 2 is 1.75 bits per heavy atom. The van der Waals surface area contributed by atoms with Crippen molar-refractivity contribution in [3.63, 3.8) is 0 Å². The van der Waals surface area contributed by atoms with Gasteiger partial charge in [0.2, 0.25) is 17.7 Å². The van der Waals surface area contributed by atoms with Gasteiger partial charge in [0.1, 0.15) is 12.6 Å². The van der Waals surface area contributed by atoms with E-state index in [4.69, 9.17) is 15.9 Å². The lowest BCUT2D eigenvalue weighted by molar-refractivity contribution is -0.140. The molecule has 0 aliphatic heterocycles. The minimum Gasteiger partial charge on any atom is -0.481 e. The Hall–Kier alpha value is -3.48. The maximum absolute atomic E-state index is 12.0. The van der Waals surface area contributed by atoms with Gasteiger partial charge in [0.15, 0.2) is 0 Å². The molecule has 2 atom stereocenters. The highest BCUT2D eigenvalue weighted by Gasteiger charge is 2.23. The van der Waals surface area contributed by atoms with Gasteiger partial charge in [-0.25, -0.2) is 4.98 Å². The molecule has 8 N–H and O–H groups in total. The van der Waals surface area contributed by atoms with E-state index in [9.17, 15) is 24.0 Å². The van der Waals surface area contributed by atoms with Crippen LogP contribution in [0.2, 0.25) is 0 Å². The topological polar surface area (TPSA) is 217 Å². The summed E-state index contributed by atoms with van der Waals surface area (Å²) in [4.78, 5) is 63.6. The predicted octanol–water partition coefficient (Wildman–Crippen LogP) is -3.05. The summed E-state index contributed by atoms with van der Waals surface area (Å²) in [5.74, 6) is -4.71. The molecule has 3 amide bonds. The molecule has 0 saturated carbocycles. The molecule has 0 aromatic carbocycles. The molecule has 0 saturated heterocycles. The summed E-state index contributed by atoms with van der Waals surface area (Å²) in [5, 5.41) is 23.9. The van der Waals surface area contributed by atoms with E-state index < -0.39 is 61.3 Å².